The molecule has 2 N–H and O–H groups in total. The third kappa shape index (κ3) is 2.91. The molecule has 17 heavy (non-hydrogen) atoms. The minimum absolute atomic E-state index is 0.177. The molecule has 0 aromatic carbocycles. The normalized spacial score (nSPS) is 16.2. The number of carbonyl (C=O) groups excluding carboxylic acids is 1. The van der Waals surface area contributed by atoms with Crippen LogP contribution in [0.25, 0.3) is 0 Å². The fourth-order valence-electron chi connectivity index (χ4n) is 1.81. The summed E-state index contributed by atoms with van der Waals surface area (Å²) in [7, 11) is 1.79. The molecule has 1 aliphatic rings. The molecule has 0 atom stereocenters. The number of likely N-dealkylation sites (tertiary alicyclic amines) is 1. The molecule has 94 valence electrons. The smallest absolute Gasteiger partial charge is 0.233 e. The summed E-state index contributed by atoms with van der Waals surface area (Å²) in [5.74, 6) is 0.959. The molecule has 2 heterocycles. The van der Waals surface area contributed by atoms with Gasteiger partial charge in [-0.25, -0.2) is 0 Å². The summed E-state index contributed by atoms with van der Waals surface area (Å²) in [6.45, 7) is 1.78. The van der Waals surface area contributed by atoms with Gasteiger partial charge in [-0.1, -0.05) is 11.8 Å². The molecule has 1 aromatic rings. The number of amides is 1. The number of nitrogen functional groups attached to an aromatic ring is 1. The zero-order valence-corrected chi connectivity index (χ0v) is 10.7. The molecule has 2 rings (SSSR count). The number of aromatic nitrogens is 3. The number of thioether (sulfide) groups is 1. The number of rotatable bonds is 3. The van der Waals surface area contributed by atoms with Crippen LogP contribution in [0.4, 0.5) is 5.95 Å². The summed E-state index contributed by atoms with van der Waals surface area (Å²) >= 11 is 1.39. The van der Waals surface area contributed by atoms with E-state index >= 15 is 0 Å². The molecule has 0 spiro atoms. The van der Waals surface area contributed by atoms with Gasteiger partial charge in [-0.05, 0) is 19.3 Å². The molecule has 1 fully saturated rings. The van der Waals surface area contributed by atoms with Crippen molar-refractivity contribution in [2.75, 3.05) is 24.6 Å². The summed E-state index contributed by atoms with van der Waals surface area (Å²) < 4.78 is 1.69. The summed E-state index contributed by atoms with van der Waals surface area (Å²) in [5, 5.41) is 8.35. The molecule has 1 aromatic heterocycles. The Morgan fingerprint density at radius 2 is 2.06 bits per heavy atom. The second kappa shape index (κ2) is 5.39. The Kier molecular flexibility index (Phi) is 3.88. The summed E-state index contributed by atoms with van der Waals surface area (Å²) in [6, 6.07) is 0. The highest BCUT2D eigenvalue weighted by atomic mass is 32.2. The van der Waals surface area contributed by atoms with Crippen molar-refractivity contribution in [1.29, 1.82) is 0 Å². The second-order valence-corrected chi connectivity index (χ2v) is 5.07. The average molecular weight is 255 g/mol. The lowest BCUT2D eigenvalue weighted by Crippen LogP contribution is -2.36. The molecule has 1 amide bonds. The summed E-state index contributed by atoms with van der Waals surface area (Å²) in [6.07, 6.45) is 3.47. The highest BCUT2D eigenvalue weighted by molar-refractivity contribution is 7.99. The molecule has 7 heteroatoms. The molecule has 0 unspecified atom stereocenters. The van der Waals surface area contributed by atoms with Gasteiger partial charge >= 0.3 is 0 Å². The van der Waals surface area contributed by atoms with Crippen molar-refractivity contribution < 1.29 is 4.79 Å². The first kappa shape index (κ1) is 12.2. The van der Waals surface area contributed by atoms with Gasteiger partial charge in [0.15, 0.2) is 5.16 Å². The van der Waals surface area contributed by atoms with E-state index in [9.17, 15) is 4.79 Å². The number of piperidine rings is 1. The lowest BCUT2D eigenvalue weighted by molar-refractivity contribution is -0.129. The lowest BCUT2D eigenvalue weighted by atomic mass is 10.1. The van der Waals surface area contributed by atoms with Crippen molar-refractivity contribution >= 4 is 23.6 Å². The van der Waals surface area contributed by atoms with Crippen LogP contribution in [0.3, 0.4) is 0 Å². The number of hydrogen-bond acceptors (Lipinski definition) is 5. The third-order valence-electron chi connectivity index (χ3n) is 2.90. The van der Waals surface area contributed by atoms with Crippen LogP contribution in [-0.2, 0) is 11.8 Å². The molecule has 6 nitrogen and oxygen atoms in total. The maximum Gasteiger partial charge on any atom is 0.233 e. The Hall–Kier alpha value is -1.24. The number of nitrogens with zero attached hydrogens (tertiary/aromatic N) is 4. The van der Waals surface area contributed by atoms with Crippen LogP contribution in [0.15, 0.2) is 5.16 Å². The Morgan fingerprint density at radius 1 is 1.35 bits per heavy atom. The maximum absolute atomic E-state index is 11.9. The Bertz CT molecular complexity index is 399. The van der Waals surface area contributed by atoms with E-state index in [0.717, 1.165) is 25.9 Å². The molecule has 0 aliphatic carbocycles. The minimum atomic E-state index is 0.177. The van der Waals surface area contributed by atoms with Crippen molar-refractivity contribution in [3.8, 4) is 0 Å². The number of hydrogen-bond donors (Lipinski definition) is 1. The van der Waals surface area contributed by atoms with Crippen LogP contribution in [0.5, 0.6) is 0 Å². The molecule has 1 saturated heterocycles. The van der Waals surface area contributed by atoms with Crippen LogP contribution in [-0.4, -0.2) is 44.4 Å². The first-order chi connectivity index (χ1) is 8.18. The SMILES string of the molecule is Cn1c(N)nnc1SCC(=O)N1CCCCC1. The zero-order valence-electron chi connectivity index (χ0n) is 9.93. The lowest BCUT2D eigenvalue weighted by Gasteiger charge is -2.26. The van der Waals surface area contributed by atoms with E-state index in [1.807, 2.05) is 4.90 Å². The molecule has 0 saturated carbocycles. The van der Waals surface area contributed by atoms with E-state index < -0.39 is 0 Å². The second-order valence-electron chi connectivity index (χ2n) is 4.13. The standard InChI is InChI=1S/C10H17N5OS/c1-14-9(11)12-13-10(14)17-7-8(16)15-5-3-2-4-6-15/h2-7H2,1H3,(H2,11,12). The zero-order chi connectivity index (χ0) is 12.3. The Balaban J connectivity index is 1.85. The monoisotopic (exact) mass is 255 g/mol. The first-order valence-electron chi connectivity index (χ1n) is 5.74. The molecule has 1 aliphatic heterocycles. The van der Waals surface area contributed by atoms with E-state index in [1.54, 1.807) is 11.6 Å². The quantitative estimate of drug-likeness (QED) is 0.796. The highest BCUT2D eigenvalue weighted by Crippen LogP contribution is 2.18. The molecular formula is C10H17N5OS. The predicted octanol–water partition coefficient (Wildman–Crippen LogP) is 0.502. The van der Waals surface area contributed by atoms with Gasteiger partial charge in [-0.3, -0.25) is 9.36 Å². The molecular weight excluding hydrogens is 238 g/mol. The van der Waals surface area contributed by atoms with Gasteiger partial charge in [0.1, 0.15) is 0 Å². The van der Waals surface area contributed by atoms with Crippen LogP contribution >= 0.6 is 11.8 Å². The van der Waals surface area contributed by atoms with Gasteiger partial charge in [0.25, 0.3) is 0 Å². The largest absolute Gasteiger partial charge is 0.368 e. The topological polar surface area (TPSA) is 77.0 Å². The summed E-state index contributed by atoms with van der Waals surface area (Å²) in [4.78, 5) is 13.8. The molecule has 0 radical (unpaired) electrons. The third-order valence-corrected chi connectivity index (χ3v) is 3.91. The van der Waals surface area contributed by atoms with E-state index in [0.29, 0.717) is 16.9 Å². The van der Waals surface area contributed by atoms with Crippen LogP contribution < -0.4 is 5.73 Å². The van der Waals surface area contributed by atoms with E-state index in [4.69, 9.17) is 5.73 Å². The van der Waals surface area contributed by atoms with Gasteiger partial charge < -0.3 is 10.6 Å². The van der Waals surface area contributed by atoms with Gasteiger partial charge in [0.2, 0.25) is 11.9 Å². The van der Waals surface area contributed by atoms with Crippen LogP contribution in [0.1, 0.15) is 19.3 Å². The Labute approximate surface area is 105 Å². The van der Waals surface area contributed by atoms with E-state index in [1.165, 1.54) is 18.2 Å². The van der Waals surface area contributed by atoms with Crippen molar-refractivity contribution in [2.45, 2.75) is 24.4 Å². The van der Waals surface area contributed by atoms with Crippen molar-refractivity contribution in [2.24, 2.45) is 7.05 Å². The summed E-state index contributed by atoms with van der Waals surface area (Å²) in [5.41, 5.74) is 5.57. The van der Waals surface area contributed by atoms with Crippen LogP contribution in [0, 0.1) is 0 Å². The number of carbonyl (C=O) groups is 1. The van der Waals surface area contributed by atoms with Gasteiger partial charge in [0.05, 0.1) is 5.75 Å². The first-order valence-corrected chi connectivity index (χ1v) is 6.72. The fraction of sp³-hybridized carbons (Fsp3) is 0.700. The Morgan fingerprint density at radius 3 is 2.65 bits per heavy atom. The minimum Gasteiger partial charge on any atom is -0.368 e. The van der Waals surface area contributed by atoms with E-state index in [2.05, 4.69) is 10.2 Å². The average Bonchev–Trinajstić information content (AvgIpc) is 2.68. The highest BCUT2D eigenvalue weighted by Gasteiger charge is 2.17. The molecule has 0 bridgehead atoms. The van der Waals surface area contributed by atoms with E-state index in [-0.39, 0.29) is 5.91 Å². The van der Waals surface area contributed by atoms with Crippen molar-refractivity contribution in [3.63, 3.8) is 0 Å². The maximum atomic E-state index is 11.9. The van der Waals surface area contributed by atoms with Gasteiger partial charge in [0, 0.05) is 20.1 Å². The van der Waals surface area contributed by atoms with Crippen LogP contribution in [0.2, 0.25) is 0 Å². The number of nitrogens with two attached hydrogens (primary N) is 1. The van der Waals surface area contributed by atoms with Crippen molar-refractivity contribution in [3.05, 3.63) is 0 Å². The van der Waals surface area contributed by atoms with Gasteiger partial charge in [-0.2, -0.15) is 0 Å². The van der Waals surface area contributed by atoms with Crippen molar-refractivity contribution in [1.82, 2.24) is 19.7 Å². The fourth-order valence-corrected chi connectivity index (χ4v) is 2.63. The number of anilines is 1. The predicted molar refractivity (Wildman–Crippen MR) is 66.6 cm³/mol. The van der Waals surface area contributed by atoms with Gasteiger partial charge in [-0.15, -0.1) is 10.2 Å².